The number of carbonyl (C=O) groups is 1. The van der Waals surface area contributed by atoms with Gasteiger partial charge in [-0.2, -0.15) is 9.36 Å². The highest BCUT2D eigenvalue weighted by Crippen LogP contribution is 2.09. The van der Waals surface area contributed by atoms with E-state index in [0.29, 0.717) is 0 Å². The number of unbranched alkanes of at least 4 members (excludes halogenated alkanes) is 8. The zero-order valence-electron chi connectivity index (χ0n) is 13.7. The van der Waals surface area contributed by atoms with Crippen LogP contribution in [0.1, 0.15) is 70.3 Å². The summed E-state index contributed by atoms with van der Waals surface area (Å²) < 4.78 is 1.60. The number of amides is 1. The first-order chi connectivity index (χ1) is 10.2. The maximum Gasteiger partial charge on any atom is 0.495 e. The summed E-state index contributed by atoms with van der Waals surface area (Å²) in [4.78, 5) is 11.8. The number of hydrogen-bond donors (Lipinski definition) is 1. The molecule has 1 N–H and O–H groups in total. The summed E-state index contributed by atoms with van der Waals surface area (Å²) in [6.45, 7) is 5.04. The van der Waals surface area contributed by atoms with E-state index >= 15 is 0 Å². The minimum Gasteiger partial charge on any atom is -0.238 e. The summed E-state index contributed by atoms with van der Waals surface area (Å²) in [7, 11) is 0. The molecule has 1 aromatic rings. The third-order valence-corrected chi connectivity index (χ3v) is 3.79. The molecule has 1 heterocycles. The molecule has 0 saturated carbocycles. The van der Waals surface area contributed by atoms with E-state index in [0.717, 1.165) is 18.5 Å². The van der Waals surface area contributed by atoms with E-state index in [1.807, 2.05) is 19.1 Å². The number of hydrogen-bond acceptors (Lipinski definition) is 1. The van der Waals surface area contributed by atoms with Gasteiger partial charge in [0.2, 0.25) is 0 Å². The number of aryl methyl sites for hydroxylation is 1. The second-order valence-corrected chi connectivity index (χ2v) is 5.84. The van der Waals surface area contributed by atoms with Crippen molar-refractivity contribution < 1.29 is 9.36 Å². The minimum absolute atomic E-state index is 0.0328. The van der Waals surface area contributed by atoms with Crippen molar-refractivity contribution in [1.82, 2.24) is 5.32 Å². The summed E-state index contributed by atoms with van der Waals surface area (Å²) >= 11 is 0. The molecule has 0 aliphatic heterocycles. The van der Waals surface area contributed by atoms with Gasteiger partial charge < -0.3 is 0 Å². The van der Waals surface area contributed by atoms with Crippen molar-refractivity contribution >= 4 is 6.03 Å². The topological polar surface area (TPSA) is 33.0 Å². The molecular formula is C18H31N2O+. The summed E-state index contributed by atoms with van der Waals surface area (Å²) in [5, 5.41) is 2.96. The fourth-order valence-corrected chi connectivity index (χ4v) is 2.36. The predicted molar refractivity (Wildman–Crippen MR) is 87.4 cm³/mol. The Balaban J connectivity index is 1.96. The molecule has 3 heteroatoms. The summed E-state index contributed by atoms with van der Waals surface area (Å²) in [5.74, 6) is 0. The predicted octanol–water partition coefficient (Wildman–Crippen LogP) is 4.37. The Morgan fingerprint density at radius 3 is 2.05 bits per heavy atom. The van der Waals surface area contributed by atoms with Crippen LogP contribution in [0.3, 0.4) is 0 Å². The number of aromatic nitrogens is 1. The van der Waals surface area contributed by atoms with Gasteiger partial charge in [-0.15, -0.1) is 0 Å². The van der Waals surface area contributed by atoms with Gasteiger partial charge in [-0.25, -0.2) is 5.32 Å². The second kappa shape index (κ2) is 11.3. The lowest BCUT2D eigenvalue weighted by molar-refractivity contribution is -0.572. The number of rotatable bonds is 10. The van der Waals surface area contributed by atoms with Gasteiger partial charge >= 0.3 is 6.03 Å². The van der Waals surface area contributed by atoms with Crippen molar-refractivity contribution in [3.8, 4) is 0 Å². The van der Waals surface area contributed by atoms with Crippen LogP contribution in [0.15, 0.2) is 24.5 Å². The number of carbonyl (C=O) groups excluding carboxylic acids is 1. The lowest BCUT2D eigenvalue weighted by atomic mass is 10.1. The molecule has 0 aliphatic carbocycles. The molecule has 21 heavy (non-hydrogen) atoms. The monoisotopic (exact) mass is 291 g/mol. The normalized spacial score (nSPS) is 10.6. The smallest absolute Gasteiger partial charge is 0.238 e. The van der Waals surface area contributed by atoms with Crippen molar-refractivity contribution in [1.29, 1.82) is 0 Å². The van der Waals surface area contributed by atoms with Crippen LogP contribution in [0.5, 0.6) is 0 Å². The first-order valence-corrected chi connectivity index (χ1v) is 8.50. The Bertz CT molecular complexity index is 387. The van der Waals surface area contributed by atoms with Gasteiger partial charge in [-0.1, -0.05) is 51.9 Å². The lowest BCUT2D eigenvalue weighted by Crippen LogP contribution is -2.49. The fraction of sp³-hybridized carbons (Fsp3) is 0.667. The Hall–Kier alpha value is -1.38. The maximum absolute atomic E-state index is 11.8. The highest BCUT2D eigenvalue weighted by Gasteiger charge is 2.10. The molecule has 0 fully saturated rings. The molecule has 1 rings (SSSR count). The van der Waals surface area contributed by atoms with Gasteiger partial charge in [0.05, 0.1) is 18.9 Å². The number of nitrogens with zero attached hydrogens (tertiary/aromatic N) is 1. The number of pyridine rings is 1. The van der Waals surface area contributed by atoms with Crippen molar-refractivity contribution in [2.24, 2.45) is 0 Å². The molecule has 1 aromatic heterocycles. The lowest BCUT2D eigenvalue weighted by Gasteiger charge is -2.02. The minimum atomic E-state index is -0.0328. The summed E-state index contributed by atoms with van der Waals surface area (Å²) in [5.41, 5.74) is 1.16. The van der Waals surface area contributed by atoms with Gasteiger partial charge in [0.1, 0.15) is 0 Å². The molecule has 0 saturated heterocycles. The highest BCUT2D eigenvalue weighted by atomic mass is 16.2. The van der Waals surface area contributed by atoms with E-state index in [9.17, 15) is 4.79 Å². The summed E-state index contributed by atoms with van der Waals surface area (Å²) in [6.07, 6.45) is 15.4. The largest absolute Gasteiger partial charge is 0.495 e. The standard InChI is InChI=1S/C18H30N2O/c1-3-4-5-6-7-8-9-10-11-14-19-18(21)20-15-12-17(2)13-16-20/h12-13,15-16H,3-11,14H2,1-2H3/p+1. The molecule has 0 bridgehead atoms. The van der Waals surface area contributed by atoms with E-state index in [-0.39, 0.29) is 6.03 Å². The quantitative estimate of drug-likeness (QED) is 0.504. The van der Waals surface area contributed by atoms with E-state index in [1.54, 1.807) is 17.0 Å². The zero-order valence-corrected chi connectivity index (χ0v) is 13.7. The zero-order chi connectivity index (χ0) is 15.3. The van der Waals surface area contributed by atoms with Crippen LogP contribution < -0.4 is 9.88 Å². The van der Waals surface area contributed by atoms with Crippen LogP contribution in [0, 0.1) is 6.92 Å². The van der Waals surface area contributed by atoms with Crippen LogP contribution >= 0.6 is 0 Å². The molecule has 3 nitrogen and oxygen atoms in total. The van der Waals surface area contributed by atoms with E-state index in [4.69, 9.17) is 0 Å². The molecule has 0 aromatic carbocycles. The molecule has 118 valence electrons. The third kappa shape index (κ3) is 8.49. The maximum atomic E-state index is 11.8. The van der Waals surface area contributed by atoms with Gasteiger partial charge in [0.25, 0.3) is 0 Å². The molecule has 1 amide bonds. The Labute approximate surface area is 129 Å². The molecule has 0 radical (unpaired) electrons. The SMILES string of the molecule is CCCCCCCCCCCNC(=O)[n+]1ccc(C)cc1. The highest BCUT2D eigenvalue weighted by molar-refractivity contribution is 5.63. The summed E-state index contributed by atoms with van der Waals surface area (Å²) in [6, 6.07) is 3.85. The van der Waals surface area contributed by atoms with Crippen LogP contribution in [-0.4, -0.2) is 12.6 Å². The van der Waals surface area contributed by atoms with Crippen molar-refractivity contribution in [2.75, 3.05) is 6.54 Å². The van der Waals surface area contributed by atoms with Crippen molar-refractivity contribution in [2.45, 2.75) is 71.6 Å². The van der Waals surface area contributed by atoms with Gasteiger partial charge in [-0.3, -0.25) is 0 Å². The average Bonchev–Trinajstić information content (AvgIpc) is 2.49. The number of nitrogens with one attached hydrogen (secondary N) is 1. The molecule has 0 unspecified atom stereocenters. The van der Waals surface area contributed by atoms with Gasteiger partial charge in [-0.05, 0) is 37.5 Å². The van der Waals surface area contributed by atoms with Crippen molar-refractivity contribution in [3.05, 3.63) is 30.1 Å². The first-order valence-electron chi connectivity index (χ1n) is 8.50. The van der Waals surface area contributed by atoms with E-state index in [1.165, 1.54) is 51.4 Å². The van der Waals surface area contributed by atoms with Crippen LogP contribution in [0.4, 0.5) is 4.79 Å². The van der Waals surface area contributed by atoms with Gasteiger partial charge in [0, 0.05) is 0 Å². The van der Waals surface area contributed by atoms with Crippen LogP contribution in [-0.2, 0) is 0 Å². The molecule has 0 spiro atoms. The Kier molecular flexibility index (Phi) is 9.51. The molecule has 0 atom stereocenters. The third-order valence-electron chi connectivity index (χ3n) is 3.79. The average molecular weight is 291 g/mol. The van der Waals surface area contributed by atoms with E-state index < -0.39 is 0 Å². The van der Waals surface area contributed by atoms with Gasteiger partial charge in [0.15, 0.2) is 0 Å². The fourth-order valence-electron chi connectivity index (χ4n) is 2.36. The van der Waals surface area contributed by atoms with Crippen LogP contribution in [0.2, 0.25) is 0 Å². The van der Waals surface area contributed by atoms with E-state index in [2.05, 4.69) is 12.2 Å². The first kappa shape index (κ1) is 17.7. The molecule has 0 aliphatic rings. The second-order valence-electron chi connectivity index (χ2n) is 5.84. The molecular weight excluding hydrogens is 260 g/mol. The van der Waals surface area contributed by atoms with Crippen molar-refractivity contribution in [3.63, 3.8) is 0 Å². The Morgan fingerprint density at radius 2 is 1.48 bits per heavy atom. The Morgan fingerprint density at radius 1 is 0.952 bits per heavy atom. The van der Waals surface area contributed by atoms with Crippen LogP contribution in [0.25, 0.3) is 0 Å².